The van der Waals surface area contributed by atoms with Gasteiger partial charge in [-0.25, -0.2) is 4.98 Å². The maximum Gasteiger partial charge on any atom is 0.257 e. The third kappa shape index (κ3) is 6.30. The Kier molecular flexibility index (Phi) is 7.82. The van der Waals surface area contributed by atoms with Gasteiger partial charge in [0.25, 0.3) is 11.5 Å². The SMILES string of the molecule is Cc1ccc(NCC(=O)NNC(=O)CCc2c(C)nc(N3CCOCC3)[nH]c2=O)c(C)c1. The van der Waals surface area contributed by atoms with Crippen molar-refractivity contribution in [2.24, 2.45) is 0 Å². The van der Waals surface area contributed by atoms with Crippen molar-refractivity contribution in [3.8, 4) is 0 Å². The lowest BCUT2D eigenvalue weighted by Crippen LogP contribution is -2.44. The zero-order valence-corrected chi connectivity index (χ0v) is 18.7. The number of rotatable bonds is 7. The van der Waals surface area contributed by atoms with Crippen LogP contribution in [0.5, 0.6) is 0 Å². The Balaban J connectivity index is 1.45. The van der Waals surface area contributed by atoms with Crippen LogP contribution in [0.15, 0.2) is 23.0 Å². The molecule has 0 saturated carbocycles. The molecule has 1 aliphatic rings. The van der Waals surface area contributed by atoms with Crippen molar-refractivity contribution in [2.45, 2.75) is 33.6 Å². The highest BCUT2D eigenvalue weighted by molar-refractivity contribution is 5.84. The van der Waals surface area contributed by atoms with Crippen LogP contribution in [0.3, 0.4) is 0 Å². The van der Waals surface area contributed by atoms with Gasteiger partial charge in [0.15, 0.2) is 0 Å². The first kappa shape index (κ1) is 23.3. The van der Waals surface area contributed by atoms with Crippen LogP contribution >= 0.6 is 0 Å². The van der Waals surface area contributed by atoms with Gasteiger partial charge < -0.3 is 15.0 Å². The molecule has 10 heteroatoms. The third-order valence-corrected chi connectivity index (χ3v) is 5.29. The van der Waals surface area contributed by atoms with E-state index in [1.807, 2.05) is 36.9 Å². The molecular formula is C22H30N6O4. The minimum atomic E-state index is -0.388. The van der Waals surface area contributed by atoms with Gasteiger partial charge in [-0.3, -0.25) is 30.2 Å². The smallest absolute Gasteiger partial charge is 0.257 e. The number of carbonyl (C=O) groups is 2. The maximum absolute atomic E-state index is 12.5. The van der Waals surface area contributed by atoms with E-state index in [1.54, 1.807) is 6.92 Å². The number of aromatic nitrogens is 2. The number of nitrogens with one attached hydrogen (secondary N) is 4. The Morgan fingerprint density at radius 2 is 1.84 bits per heavy atom. The molecule has 0 radical (unpaired) electrons. The van der Waals surface area contributed by atoms with Crippen molar-refractivity contribution in [1.29, 1.82) is 0 Å². The maximum atomic E-state index is 12.5. The number of benzene rings is 1. The molecule has 1 aromatic heterocycles. The lowest BCUT2D eigenvalue weighted by molar-refractivity contribution is -0.128. The van der Waals surface area contributed by atoms with Crippen LogP contribution in [0.1, 0.15) is 28.8 Å². The molecule has 172 valence electrons. The Bertz CT molecular complexity index is 1030. The van der Waals surface area contributed by atoms with Crippen molar-refractivity contribution in [1.82, 2.24) is 20.8 Å². The van der Waals surface area contributed by atoms with Crippen LogP contribution in [-0.2, 0) is 20.7 Å². The first-order valence-electron chi connectivity index (χ1n) is 10.6. The van der Waals surface area contributed by atoms with E-state index in [4.69, 9.17) is 4.74 Å². The molecule has 0 spiro atoms. The minimum absolute atomic E-state index is 0.0237. The van der Waals surface area contributed by atoms with Gasteiger partial charge in [-0.15, -0.1) is 0 Å². The average molecular weight is 443 g/mol. The van der Waals surface area contributed by atoms with Crippen LogP contribution in [-0.4, -0.2) is 54.6 Å². The lowest BCUT2D eigenvalue weighted by atomic mass is 10.1. The number of H-pyrrole nitrogens is 1. The monoisotopic (exact) mass is 442 g/mol. The normalized spacial score (nSPS) is 13.5. The molecular weight excluding hydrogens is 412 g/mol. The fourth-order valence-electron chi connectivity index (χ4n) is 3.49. The molecule has 1 aromatic carbocycles. The summed E-state index contributed by atoms with van der Waals surface area (Å²) in [5.41, 5.74) is 8.59. The Labute approximate surface area is 186 Å². The Hall–Kier alpha value is -3.40. The second-order valence-electron chi connectivity index (χ2n) is 7.82. The molecule has 3 rings (SSSR count). The van der Waals surface area contributed by atoms with E-state index in [2.05, 4.69) is 26.1 Å². The molecule has 4 N–H and O–H groups in total. The van der Waals surface area contributed by atoms with Crippen molar-refractivity contribution >= 4 is 23.5 Å². The highest BCUT2D eigenvalue weighted by atomic mass is 16.5. The quantitative estimate of drug-likeness (QED) is 0.465. The number of carbonyl (C=O) groups excluding carboxylic acids is 2. The molecule has 1 fully saturated rings. The van der Waals surface area contributed by atoms with Gasteiger partial charge in [0.2, 0.25) is 11.9 Å². The molecule has 1 saturated heterocycles. The number of nitrogens with zero attached hydrogens (tertiary/aromatic N) is 2. The topological polar surface area (TPSA) is 128 Å². The van der Waals surface area contributed by atoms with Gasteiger partial charge in [0.05, 0.1) is 19.8 Å². The highest BCUT2D eigenvalue weighted by Crippen LogP contribution is 2.15. The molecule has 2 amide bonds. The summed E-state index contributed by atoms with van der Waals surface area (Å²) >= 11 is 0. The van der Waals surface area contributed by atoms with Crippen LogP contribution in [0.2, 0.25) is 0 Å². The van der Waals surface area contributed by atoms with Gasteiger partial charge in [-0.05, 0) is 38.8 Å². The van der Waals surface area contributed by atoms with Gasteiger partial charge in [-0.2, -0.15) is 0 Å². The second-order valence-corrected chi connectivity index (χ2v) is 7.82. The number of ether oxygens (including phenoxy) is 1. The molecule has 0 atom stereocenters. The van der Waals surface area contributed by atoms with E-state index in [-0.39, 0.29) is 36.8 Å². The highest BCUT2D eigenvalue weighted by Gasteiger charge is 2.17. The summed E-state index contributed by atoms with van der Waals surface area (Å²) in [4.78, 5) is 45.9. The van der Waals surface area contributed by atoms with E-state index in [1.165, 1.54) is 0 Å². The molecule has 2 aromatic rings. The van der Waals surface area contributed by atoms with E-state index in [0.717, 1.165) is 16.8 Å². The summed E-state index contributed by atoms with van der Waals surface area (Å²) in [5, 5.41) is 3.04. The molecule has 2 heterocycles. The summed E-state index contributed by atoms with van der Waals surface area (Å²) < 4.78 is 5.32. The summed E-state index contributed by atoms with van der Waals surface area (Å²) in [5.74, 6) is -0.239. The fourth-order valence-corrected chi connectivity index (χ4v) is 3.49. The number of morpholine rings is 1. The van der Waals surface area contributed by atoms with Gasteiger partial charge in [0.1, 0.15) is 0 Å². The van der Waals surface area contributed by atoms with E-state index in [0.29, 0.717) is 43.5 Å². The molecule has 32 heavy (non-hydrogen) atoms. The number of aromatic amines is 1. The van der Waals surface area contributed by atoms with Crippen LogP contribution < -0.4 is 26.6 Å². The fraction of sp³-hybridized carbons (Fsp3) is 0.455. The number of hydrogen-bond acceptors (Lipinski definition) is 7. The van der Waals surface area contributed by atoms with Crippen molar-refractivity contribution < 1.29 is 14.3 Å². The van der Waals surface area contributed by atoms with Crippen molar-refractivity contribution in [2.75, 3.05) is 43.1 Å². The largest absolute Gasteiger partial charge is 0.378 e. The summed E-state index contributed by atoms with van der Waals surface area (Å²) in [7, 11) is 0. The minimum Gasteiger partial charge on any atom is -0.378 e. The van der Waals surface area contributed by atoms with Crippen LogP contribution in [0, 0.1) is 20.8 Å². The van der Waals surface area contributed by atoms with E-state index >= 15 is 0 Å². The summed E-state index contributed by atoms with van der Waals surface area (Å²) in [6, 6.07) is 5.89. The van der Waals surface area contributed by atoms with Gasteiger partial charge >= 0.3 is 0 Å². The Morgan fingerprint density at radius 1 is 1.12 bits per heavy atom. The zero-order valence-electron chi connectivity index (χ0n) is 18.7. The molecule has 1 aliphatic heterocycles. The number of anilines is 2. The van der Waals surface area contributed by atoms with E-state index < -0.39 is 0 Å². The number of hydrazine groups is 1. The lowest BCUT2D eigenvalue weighted by Gasteiger charge is -2.27. The average Bonchev–Trinajstić information content (AvgIpc) is 2.77. The predicted molar refractivity (Wildman–Crippen MR) is 122 cm³/mol. The van der Waals surface area contributed by atoms with Crippen molar-refractivity contribution in [3.63, 3.8) is 0 Å². The van der Waals surface area contributed by atoms with Crippen molar-refractivity contribution in [3.05, 3.63) is 50.9 Å². The molecule has 0 unspecified atom stereocenters. The standard InChI is InChI=1S/C22H30N6O4/c1-14-4-6-18(15(2)12-14)23-13-20(30)27-26-19(29)7-5-17-16(3)24-22(25-21(17)31)28-8-10-32-11-9-28/h4,6,12,23H,5,7-11,13H2,1-3H3,(H,26,29)(H,27,30)(H,24,25,31). The Morgan fingerprint density at radius 3 is 2.53 bits per heavy atom. The second kappa shape index (κ2) is 10.8. The summed E-state index contributed by atoms with van der Waals surface area (Å²) in [6.07, 6.45) is 0.271. The molecule has 10 nitrogen and oxygen atoms in total. The van der Waals surface area contributed by atoms with Crippen LogP contribution in [0.25, 0.3) is 0 Å². The first-order valence-corrected chi connectivity index (χ1v) is 10.6. The number of hydrogen-bond donors (Lipinski definition) is 4. The first-order chi connectivity index (χ1) is 15.3. The zero-order chi connectivity index (χ0) is 23.1. The number of aryl methyl sites for hydroxylation is 3. The molecule has 0 aliphatic carbocycles. The summed E-state index contributed by atoms with van der Waals surface area (Å²) in [6.45, 7) is 8.27. The van der Waals surface area contributed by atoms with E-state index in [9.17, 15) is 14.4 Å². The van der Waals surface area contributed by atoms with Crippen LogP contribution in [0.4, 0.5) is 11.6 Å². The molecule has 0 bridgehead atoms. The third-order valence-electron chi connectivity index (χ3n) is 5.29. The number of amides is 2. The van der Waals surface area contributed by atoms with Gasteiger partial charge in [-0.1, -0.05) is 17.7 Å². The van der Waals surface area contributed by atoms with Gasteiger partial charge in [0, 0.05) is 36.5 Å². The predicted octanol–water partition coefficient (Wildman–Crippen LogP) is 0.724.